The van der Waals surface area contributed by atoms with Crippen LogP contribution >= 0.6 is 11.3 Å². The fourth-order valence-electron chi connectivity index (χ4n) is 9.00. The lowest BCUT2D eigenvalue weighted by molar-refractivity contribution is -0.278. The van der Waals surface area contributed by atoms with Crippen molar-refractivity contribution in [2.45, 2.75) is 148 Å². The van der Waals surface area contributed by atoms with Gasteiger partial charge in [-0.3, -0.25) is 19.2 Å². The number of anilines is 1. The quantitative estimate of drug-likeness (QED) is 0.121. The number of nitrogens with zero attached hydrogens (tertiary/aromatic N) is 6. The normalized spacial score (nSPS) is 35.6. The standard InChI is InChI=1S/C40H64N8O9S/c1-10-30-40(7)35(48(39(53)57-40)15-12-11-14-47-21-28(44-45-47)36-43-20-31(41)58-36)26(6)42-19-22(2)17-27(13-16-49)34(24(4)32(50)25(5)37(52)55-30)56-38-33(51)29(46(8)9)18-23(3)54-38/h16,20-27,29-30,33-35,38,42,51H,10-15,17-19,41H2,1-9H3/t22-,23-,24+,25-,26-,27+,29?,30-,33?,34-,35-,38+,40-/m1/s1. The van der Waals surface area contributed by atoms with E-state index in [9.17, 15) is 24.3 Å². The summed E-state index contributed by atoms with van der Waals surface area (Å²) in [5.74, 6) is -3.67. The predicted molar refractivity (Wildman–Crippen MR) is 216 cm³/mol. The lowest BCUT2D eigenvalue weighted by Crippen LogP contribution is -2.60. The molecule has 3 fully saturated rings. The van der Waals surface area contributed by atoms with Crippen LogP contribution in [-0.4, -0.2) is 141 Å². The molecular formula is C40H64N8O9S. The molecular weight excluding hydrogens is 769 g/mol. The molecule has 0 saturated carbocycles. The predicted octanol–water partition coefficient (Wildman–Crippen LogP) is 3.54. The number of hydrogen-bond donors (Lipinski definition) is 3. The summed E-state index contributed by atoms with van der Waals surface area (Å²) >= 11 is 1.34. The van der Waals surface area contributed by atoms with E-state index in [0.29, 0.717) is 67.4 Å². The smallest absolute Gasteiger partial charge is 0.410 e. The van der Waals surface area contributed by atoms with Gasteiger partial charge in [0.25, 0.3) is 0 Å². The second-order valence-electron chi connectivity index (χ2n) is 17.0. The molecule has 3 saturated heterocycles. The van der Waals surface area contributed by atoms with Gasteiger partial charge >= 0.3 is 12.1 Å². The number of aliphatic hydroxyl groups excluding tert-OH is 1. The zero-order valence-corrected chi connectivity index (χ0v) is 36.2. The van der Waals surface area contributed by atoms with Gasteiger partial charge < -0.3 is 44.8 Å². The number of carbonyl (C=O) groups excluding carboxylic acids is 4. The number of amides is 1. The second-order valence-corrected chi connectivity index (χ2v) is 18.0. The van der Waals surface area contributed by atoms with Gasteiger partial charge in [0.05, 0.1) is 30.6 Å². The summed E-state index contributed by atoms with van der Waals surface area (Å²) in [5.41, 5.74) is 5.22. The number of likely N-dealkylation sites (N-methyl/N-ethyl adjacent to an activating group) is 1. The lowest BCUT2D eigenvalue weighted by atomic mass is 9.79. The topological polar surface area (TPSA) is 214 Å². The van der Waals surface area contributed by atoms with E-state index >= 15 is 0 Å². The van der Waals surface area contributed by atoms with Crippen LogP contribution in [0.25, 0.3) is 10.7 Å². The molecule has 0 radical (unpaired) electrons. The molecule has 18 heteroatoms. The van der Waals surface area contributed by atoms with Gasteiger partial charge in [0.1, 0.15) is 40.1 Å². The Hall–Kier alpha value is -3.55. The summed E-state index contributed by atoms with van der Waals surface area (Å²) in [6.45, 7) is 14.3. The number of aliphatic hydroxyl groups is 1. The number of unbranched alkanes of at least 4 members (excludes halogenated alkanes) is 1. The van der Waals surface area contributed by atoms with Crippen molar-refractivity contribution in [2.75, 3.05) is 32.9 Å². The Balaban J connectivity index is 1.37. The van der Waals surface area contributed by atoms with Crippen LogP contribution < -0.4 is 11.1 Å². The maximum Gasteiger partial charge on any atom is 0.410 e. The molecule has 1 amide bonds. The molecule has 3 aliphatic heterocycles. The van der Waals surface area contributed by atoms with E-state index in [1.54, 1.807) is 29.6 Å². The monoisotopic (exact) mass is 832 g/mol. The van der Waals surface area contributed by atoms with Crippen LogP contribution in [0.15, 0.2) is 12.4 Å². The summed E-state index contributed by atoms with van der Waals surface area (Å²) in [6, 6.07) is -1.10. The first-order valence-electron chi connectivity index (χ1n) is 20.7. The number of aryl methyl sites for hydroxylation is 1. The van der Waals surface area contributed by atoms with Crippen LogP contribution in [0.5, 0.6) is 0 Å². The Bertz CT molecular complexity index is 1710. The van der Waals surface area contributed by atoms with Crippen LogP contribution in [0.4, 0.5) is 9.80 Å². The maximum absolute atomic E-state index is 14.3. The van der Waals surface area contributed by atoms with Gasteiger partial charge in [0, 0.05) is 37.5 Å². The molecule has 324 valence electrons. The third-order valence-corrected chi connectivity index (χ3v) is 13.0. The van der Waals surface area contributed by atoms with E-state index in [2.05, 4.69) is 27.5 Å². The largest absolute Gasteiger partial charge is 0.458 e. The number of Topliss-reactive ketones (excluding diaryl/α,β-unsaturated/α-hetero) is 1. The fourth-order valence-corrected chi connectivity index (χ4v) is 9.64. The van der Waals surface area contributed by atoms with Crippen LogP contribution in [-0.2, 0) is 39.9 Å². The zero-order valence-electron chi connectivity index (χ0n) is 35.4. The highest BCUT2D eigenvalue weighted by atomic mass is 32.1. The number of cyclic esters (lactones) is 1. The van der Waals surface area contributed by atoms with Gasteiger partial charge in [-0.2, -0.15) is 0 Å². The van der Waals surface area contributed by atoms with Crippen molar-refractivity contribution in [3.63, 3.8) is 0 Å². The molecule has 5 rings (SSSR count). The molecule has 0 spiro atoms. The van der Waals surface area contributed by atoms with Crippen LogP contribution in [0.1, 0.15) is 87.0 Å². The first kappa shape index (κ1) is 45.5. The van der Waals surface area contributed by atoms with E-state index in [-0.39, 0.29) is 30.5 Å². The van der Waals surface area contributed by atoms with Crippen molar-refractivity contribution >= 4 is 40.5 Å². The number of nitrogens with one attached hydrogen (secondary N) is 1. The highest BCUT2D eigenvalue weighted by Crippen LogP contribution is 2.39. The lowest BCUT2D eigenvalue weighted by Gasteiger charge is -2.44. The molecule has 0 aromatic carbocycles. The summed E-state index contributed by atoms with van der Waals surface area (Å²) in [4.78, 5) is 62.1. The van der Waals surface area contributed by atoms with Crippen LogP contribution in [0, 0.1) is 23.7 Å². The molecule has 58 heavy (non-hydrogen) atoms. The van der Waals surface area contributed by atoms with Crippen molar-refractivity contribution in [1.29, 1.82) is 0 Å². The Morgan fingerprint density at radius 3 is 2.52 bits per heavy atom. The minimum absolute atomic E-state index is 0.0139. The number of fused-ring (bicyclic) bond motifs is 1. The Morgan fingerprint density at radius 2 is 1.86 bits per heavy atom. The van der Waals surface area contributed by atoms with Crippen molar-refractivity contribution in [3.8, 4) is 10.7 Å². The Labute approximate surface area is 345 Å². The SMILES string of the molecule is CC[C@H]1OC(=O)[C@H](C)C(=O)[C@H](C)[C@@H](O[C@@H]2O[C@H](C)CC(N(C)C)C2O)[C@@H](CC=O)C[C@@H](C)CN[C@H](C)[C@H]2N(CCCCn3cc(-c4ncc(N)s4)nn3)C(=O)O[C@]12C. The first-order valence-corrected chi connectivity index (χ1v) is 21.5. The molecule has 2 unspecified atom stereocenters. The summed E-state index contributed by atoms with van der Waals surface area (Å²) in [5, 5.41) is 24.8. The molecule has 3 aliphatic rings. The molecule has 0 bridgehead atoms. The van der Waals surface area contributed by atoms with E-state index in [1.807, 2.05) is 46.0 Å². The average Bonchev–Trinajstić information content (AvgIpc) is 3.90. The Morgan fingerprint density at radius 1 is 1.14 bits per heavy atom. The van der Waals surface area contributed by atoms with E-state index < -0.39 is 71.8 Å². The van der Waals surface area contributed by atoms with E-state index in [4.69, 9.17) is 24.7 Å². The summed E-state index contributed by atoms with van der Waals surface area (Å²) < 4.78 is 26.8. The fraction of sp³-hybridized carbons (Fsp3) is 0.775. The number of thiazole rings is 1. The number of aromatic nitrogens is 4. The molecule has 17 nitrogen and oxygen atoms in total. The number of aldehydes is 1. The first-order chi connectivity index (χ1) is 27.5. The third kappa shape index (κ3) is 10.2. The van der Waals surface area contributed by atoms with Crippen molar-refractivity contribution in [3.05, 3.63) is 12.4 Å². The number of esters is 1. The van der Waals surface area contributed by atoms with Crippen molar-refractivity contribution in [1.82, 2.24) is 35.1 Å². The number of carbonyl (C=O) groups is 4. The van der Waals surface area contributed by atoms with Gasteiger partial charge in [0.2, 0.25) is 0 Å². The van der Waals surface area contributed by atoms with Crippen molar-refractivity contribution in [2.24, 2.45) is 23.7 Å². The summed E-state index contributed by atoms with van der Waals surface area (Å²) in [7, 11) is 3.77. The highest BCUT2D eigenvalue weighted by Gasteiger charge is 2.58. The van der Waals surface area contributed by atoms with Gasteiger partial charge in [-0.1, -0.05) is 37.3 Å². The minimum Gasteiger partial charge on any atom is -0.458 e. The van der Waals surface area contributed by atoms with E-state index in [0.717, 1.165) is 6.29 Å². The Kier molecular flexibility index (Phi) is 15.4. The molecule has 4 N–H and O–H groups in total. The van der Waals surface area contributed by atoms with Gasteiger partial charge in [-0.05, 0) is 92.3 Å². The molecule has 2 aromatic rings. The number of ketones is 1. The number of ether oxygens (including phenoxy) is 4. The summed E-state index contributed by atoms with van der Waals surface area (Å²) in [6.07, 6.45) is 2.56. The van der Waals surface area contributed by atoms with Gasteiger partial charge in [-0.15, -0.1) is 5.10 Å². The van der Waals surface area contributed by atoms with Crippen molar-refractivity contribution < 1.29 is 43.2 Å². The van der Waals surface area contributed by atoms with E-state index in [1.165, 1.54) is 18.3 Å². The van der Waals surface area contributed by atoms with Gasteiger partial charge in [0.15, 0.2) is 17.7 Å². The molecule has 0 aliphatic carbocycles. The van der Waals surface area contributed by atoms with Crippen LogP contribution in [0.3, 0.4) is 0 Å². The van der Waals surface area contributed by atoms with Crippen LogP contribution in [0.2, 0.25) is 0 Å². The maximum atomic E-state index is 14.3. The number of hydrogen-bond acceptors (Lipinski definition) is 16. The molecule has 5 heterocycles. The minimum atomic E-state index is -1.25. The zero-order chi connectivity index (χ0) is 42.5. The second kappa shape index (κ2) is 19.7. The number of nitrogens with two attached hydrogens (primary N) is 1. The number of nitrogen functional groups attached to an aromatic ring is 1. The van der Waals surface area contributed by atoms with Gasteiger partial charge in [-0.25, -0.2) is 9.78 Å². The highest BCUT2D eigenvalue weighted by molar-refractivity contribution is 7.18. The molecule has 2 aromatic heterocycles. The average molecular weight is 833 g/mol. The third-order valence-electron chi connectivity index (χ3n) is 12.2. The number of rotatable bonds is 12. The molecule has 13 atom stereocenters.